The third-order valence-corrected chi connectivity index (χ3v) is 5.88. The summed E-state index contributed by atoms with van der Waals surface area (Å²) in [5.41, 5.74) is 0.925. The number of carbonyl (C=O) groups is 2. The van der Waals surface area contributed by atoms with E-state index >= 15 is 0 Å². The lowest BCUT2D eigenvalue weighted by Crippen LogP contribution is -2.42. The van der Waals surface area contributed by atoms with Gasteiger partial charge in [-0.25, -0.2) is 4.98 Å². The number of para-hydroxylation sites is 1. The van der Waals surface area contributed by atoms with Crippen LogP contribution < -0.4 is 5.32 Å². The van der Waals surface area contributed by atoms with Gasteiger partial charge in [-0.05, 0) is 44.0 Å². The standard InChI is InChI=1S/C20H21N3O3S/c1-2-21-18(24)13-9-11-23(12-10-13)20(25)16-8-7-15(26-16)19-22-14-5-3-4-6-17(14)27-19/h3-8,13H,2,9-12H2,1H3,(H,21,24). The lowest BCUT2D eigenvalue weighted by Gasteiger charge is -2.30. The second-order valence-electron chi connectivity index (χ2n) is 6.61. The molecule has 1 aromatic carbocycles. The first-order valence-corrected chi connectivity index (χ1v) is 10.00. The van der Waals surface area contributed by atoms with Gasteiger partial charge >= 0.3 is 0 Å². The van der Waals surface area contributed by atoms with Crippen molar-refractivity contribution in [1.82, 2.24) is 15.2 Å². The highest BCUT2D eigenvalue weighted by molar-refractivity contribution is 7.21. The summed E-state index contributed by atoms with van der Waals surface area (Å²) in [7, 11) is 0. The topological polar surface area (TPSA) is 75.4 Å². The van der Waals surface area contributed by atoms with Crippen LogP contribution in [0, 0.1) is 5.92 Å². The van der Waals surface area contributed by atoms with Crippen LogP contribution in [-0.4, -0.2) is 41.3 Å². The molecule has 2 aromatic heterocycles. The van der Waals surface area contributed by atoms with Gasteiger partial charge in [-0.2, -0.15) is 0 Å². The average molecular weight is 383 g/mol. The van der Waals surface area contributed by atoms with Gasteiger partial charge in [0.2, 0.25) is 5.91 Å². The van der Waals surface area contributed by atoms with Gasteiger partial charge < -0.3 is 14.6 Å². The fourth-order valence-corrected chi connectivity index (χ4v) is 4.29. The van der Waals surface area contributed by atoms with Crippen LogP contribution in [0.4, 0.5) is 0 Å². The lowest BCUT2D eigenvalue weighted by molar-refractivity contribution is -0.126. The Morgan fingerprint density at radius 1 is 1.22 bits per heavy atom. The molecule has 0 radical (unpaired) electrons. The molecule has 140 valence electrons. The van der Waals surface area contributed by atoms with Crippen LogP contribution in [-0.2, 0) is 4.79 Å². The highest BCUT2D eigenvalue weighted by Gasteiger charge is 2.29. The van der Waals surface area contributed by atoms with Gasteiger partial charge in [0.25, 0.3) is 5.91 Å². The van der Waals surface area contributed by atoms with Crippen LogP contribution in [0.2, 0.25) is 0 Å². The van der Waals surface area contributed by atoms with Crippen LogP contribution >= 0.6 is 11.3 Å². The van der Waals surface area contributed by atoms with E-state index in [9.17, 15) is 9.59 Å². The number of furan rings is 1. The van der Waals surface area contributed by atoms with Crippen molar-refractivity contribution in [2.24, 2.45) is 5.92 Å². The van der Waals surface area contributed by atoms with Gasteiger partial charge in [-0.3, -0.25) is 9.59 Å². The third kappa shape index (κ3) is 3.60. The minimum atomic E-state index is -0.128. The highest BCUT2D eigenvalue weighted by atomic mass is 32.1. The van der Waals surface area contributed by atoms with Crippen molar-refractivity contribution in [3.8, 4) is 10.8 Å². The molecule has 1 N–H and O–H groups in total. The maximum atomic E-state index is 12.7. The number of piperidine rings is 1. The molecule has 0 saturated carbocycles. The molecule has 6 nitrogen and oxygen atoms in total. The number of benzene rings is 1. The molecule has 3 heterocycles. The minimum absolute atomic E-state index is 0.0103. The maximum Gasteiger partial charge on any atom is 0.289 e. The molecular weight excluding hydrogens is 362 g/mol. The Morgan fingerprint density at radius 2 is 2.00 bits per heavy atom. The zero-order valence-corrected chi connectivity index (χ0v) is 15.9. The van der Waals surface area contributed by atoms with Crippen molar-refractivity contribution in [3.05, 3.63) is 42.2 Å². The number of nitrogens with zero attached hydrogens (tertiary/aromatic N) is 2. The van der Waals surface area contributed by atoms with E-state index in [1.54, 1.807) is 28.4 Å². The molecule has 0 unspecified atom stereocenters. The molecule has 4 rings (SSSR count). The summed E-state index contributed by atoms with van der Waals surface area (Å²) in [6, 6.07) is 11.4. The molecule has 1 aliphatic heterocycles. The minimum Gasteiger partial charge on any atom is -0.448 e. The summed E-state index contributed by atoms with van der Waals surface area (Å²) >= 11 is 1.54. The van der Waals surface area contributed by atoms with Crippen LogP contribution in [0.5, 0.6) is 0 Å². The zero-order valence-electron chi connectivity index (χ0n) is 15.1. The number of likely N-dealkylation sites (tertiary alicyclic amines) is 1. The summed E-state index contributed by atoms with van der Waals surface area (Å²) < 4.78 is 6.89. The van der Waals surface area contributed by atoms with E-state index in [2.05, 4.69) is 10.3 Å². The number of fused-ring (bicyclic) bond motifs is 1. The molecule has 7 heteroatoms. The molecular formula is C20H21N3O3S. The maximum absolute atomic E-state index is 12.7. The van der Waals surface area contributed by atoms with Crippen molar-refractivity contribution in [3.63, 3.8) is 0 Å². The van der Waals surface area contributed by atoms with E-state index in [0.717, 1.165) is 15.2 Å². The van der Waals surface area contributed by atoms with Crippen LogP contribution in [0.3, 0.4) is 0 Å². The van der Waals surface area contributed by atoms with Crippen LogP contribution in [0.1, 0.15) is 30.3 Å². The molecule has 0 spiro atoms. The number of amides is 2. The van der Waals surface area contributed by atoms with Gasteiger partial charge in [-0.1, -0.05) is 12.1 Å². The Balaban J connectivity index is 1.44. The van der Waals surface area contributed by atoms with Crippen molar-refractivity contribution < 1.29 is 14.0 Å². The van der Waals surface area contributed by atoms with E-state index in [4.69, 9.17) is 4.42 Å². The summed E-state index contributed by atoms with van der Waals surface area (Å²) in [5.74, 6) is 0.874. The number of hydrogen-bond donors (Lipinski definition) is 1. The summed E-state index contributed by atoms with van der Waals surface area (Å²) in [4.78, 5) is 31.0. The SMILES string of the molecule is CCNC(=O)C1CCN(C(=O)c2ccc(-c3nc4ccccc4s3)o2)CC1. The second-order valence-corrected chi connectivity index (χ2v) is 7.64. The molecule has 1 fully saturated rings. The molecule has 0 bridgehead atoms. The lowest BCUT2D eigenvalue weighted by atomic mass is 9.96. The quantitative estimate of drug-likeness (QED) is 0.748. The number of rotatable bonds is 4. The Morgan fingerprint density at radius 3 is 2.74 bits per heavy atom. The number of thiazole rings is 1. The van der Waals surface area contributed by atoms with E-state index in [-0.39, 0.29) is 17.7 Å². The van der Waals surface area contributed by atoms with Gasteiger partial charge in [0, 0.05) is 25.6 Å². The summed E-state index contributed by atoms with van der Waals surface area (Å²) in [6.07, 6.45) is 1.37. The highest BCUT2D eigenvalue weighted by Crippen LogP contribution is 2.31. The molecule has 0 aliphatic carbocycles. The number of aromatic nitrogens is 1. The molecule has 2 amide bonds. The fourth-order valence-electron chi connectivity index (χ4n) is 3.36. The molecule has 1 saturated heterocycles. The third-order valence-electron chi connectivity index (χ3n) is 4.83. The van der Waals surface area contributed by atoms with Crippen LogP contribution in [0.15, 0.2) is 40.8 Å². The Hall–Kier alpha value is -2.67. The molecule has 0 atom stereocenters. The smallest absolute Gasteiger partial charge is 0.289 e. The normalized spacial score (nSPS) is 15.2. The van der Waals surface area contributed by atoms with Gasteiger partial charge in [-0.15, -0.1) is 11.3 Å². The first-order chi connectivity index (χ1) is 13.2. The molecule has 3 aromatic rings. The first-order valence-electron chi connectivity index (χ1n) is 9.18. The molecule has 1 aliphatic rings. The van der Waals surface area contributed by atoms with Crippen molar-refractivity contribution >= 4 is 33.4 Å². The van der Waals surface area contributed by atoms with E-state index in [1.165, 1.54) is 0 Å². The predicted molar refractivity (Wildman–Crippen MR) is 105 cm³/mol. The van der Waals surface area contributed by atoms with E-state index in [1.807, 2.05) is 31.2 Å². The number of nitrogens with one attached hydrogen (secondary N) is 1. The van der Waals surface area contributed by atoms with Crippen molar-refractivity contribution in [2.75, 3.05) is 19.6 Å². The fraction of sp³-hybridized carbons (Fsp3) is 0.350. The summed E-state index contributed by atoms with van der Waals surface area (Å²) in [5, 5.41) is 3.63. The Kier molecular flexibility index (Phi) is 4.94. The van der Waals surface area contributed by atoms with Crippen molar-refractivity contribution in [1.29, 1.82) is 0 Å². The monoisotopic (exact) mass is 383 g/mol. The average Bonchev–Trinajstić information content (AvgIpc) is 3.34. The first kappa shape index (κ1) is 17.7. The Bertz CT molecular complexity index is 937. The predicted octanol–water partition coefficient (Wildman–Crippen LogP) is 3.54. The van der Waals surface area contributed by atoms with E-state index < -0.39 is 0 Å². The van der Waals surface area contributed by atoms with E-state index in [0.29, 0.717) is 44.0 Å². The largest absolute Gasteiger partial charge is 0.448 e. The number of hydrogen-bond acceptors (Lipinski definition) is 5. The second kappa shape index (κ2) is 7.52. The zero-order chi connectivity index (χ0) is 18.8. The molecule has 27 heavy (non-hydrogen) atoms. The van der Waals surface area contributed by atoms with Gasteiger partial charge in [0.05, 0.1) is 10.2 Å². The van der Waals surface area contributed by atoms with Crippen molar-refractivity contribution in [2.45, 2.75) is 19.8 Å². The van der Waals surface area contributed by atoms with Gasteiger partial charge in [0.1, 0.15) is 0 Å². The Labute approximate surface area is 161 Å². The number of carbonyl (C=O) groups excluding carboxylic acids is 2. The summed E-state index contributed by atoms with van der Waals surface area (Å²) in [6.45, 7) is 3.69. The van der Waals surface area contributed by atoms with Crippen LogP contribution in [0.25, 0.3) is 21.0 Å². The van der Waals surface area contributed by atoms with Gasteiger partial charge in [0.15, 0.2) is 16.5 Å².